The summed E-state index contributed by atoms with van der Waals surface area (Å²) in [5.74, 6) is 0.574. The fraction of sp³-hybridized carbons (Fsp3) is 0.526. The molecule has 0 atom stereocenters. The van der Waals surface area contributed by atoms with Crippen LogP contribution in [0, 0.1) is 0 Å². The SMILES string of the molecule is FC(F)(F)c1ccncc1-c1cc(OC2CCOCC2)nc(N2CCOCC2)n1. The van der Waals surface area contributed by atoms with Gasteiger partial charge in [0, 0.05) is 50.0 Å². The number of anilines is 1. The number of rotatable bonds is 4. The molecule has 156 valence electrons. The Bertz CT molecular complexity index is 838. The van der Waals surface area contributed by atoms with Crippen molar-refractivity contribution in [3.05, 3.63) is 30.1 Å². The molecule has 0 bridgehead atoms. The monoisotopic (exact) mass is 410 g/mol. The molecule has 0 aromatic carbocycles. The third-order valence-corrected chi connectivity index (χ3v) is 4.84. The minimum Gasteiger partial charge on any atom is -0.474 e. The summed E-state index contributed by atoms with van der Waals surface area (Å²) in [5, 5.41) is 0. The van der Waals surface area contributed by atoms with Crippen LogP contribution < -0.4 is 9.64 Å². The Labute approximate surface area is 165 Å². The summed E-state index contributed by atoms with van der Waals surface area (Å²) in [6.45, 7) is 3.28. The van der Waals surface area contributed by atoms with Crippen molar-refractivity contribution < 1.29 is 27.4 Å². The second kappa shape index (κ2) is 8.50. The summed E-state index contributed by atoms with van der Waals surface area (Å²) >= 11 is 0. The average Bonchev–Trinajstić information content (AvgIpc) is 2.74. The zero-order chi connectivity index (χ0) is 20.3. The Morgan fingerprint density at radius 1 is 1.03 bits per heavy atom. The maximum absolute atomic E-state index is 13.5. The number of morpholine rings is 1. The molecule has 0 unspecified atom stereocenters. The highest BCUT2D eigenvalue weighted by Gasteiger charge is 2.34. The van der Waals surface area contributed by atoms with Gasteiger partial charge in [0.05, 0.1) is 37.7 Å². The van der Waals surface area contributed by atoms with Crippen LogP contribution >= 0.6 is 0 Å². The van der Waals surface area contributed by atoms with Gasteiger partial charge in [0.25, 0.3) is 0 Å². The van der Waals surface area contributed by atoms with Crippen molar-refractivity contribution >= 4 is 5.95 Å². The molecule has 7 nitrogen and oxygen atoms in total. The van der Waals surface area contributed by atoms with Crippen LogP contribution in [0.5, 0.6) is 5.88 Å². The summed E-state index contributed by atoms with van der Waals surface area (Å²) in [7, 11) is 0. The van der Waals surface area contributed by atoms with Crippen molar-refractivity contribution in [3.8, 4) is 17.1 Å². The molecule has 4 rings (SSSR count). The number of hydrogen-bond acceptors (Lipinski definition) is 7. The van der Waals surface area contributed by atoms with Crippen LogP contribution in [-0.2, 0) is 15.7 Å². The van der Waals surface area contributed by atoms with Gasteiger partial charge in [0.1, 0.15) is 6.10 Å². The lowest BCUT2D eigenvalue weighted by Gasteiger charge is -2.28. The fourth-order valence-electron chi connectivity index (χ4n) is 3.33. The van der Waals surface area contributed by atoms with E-state index in [9.17, 15) is 13.2 Å². The van der Waals surface area contributed by atoms with Crippen LogP contribution in [0.15, 0.2) is 24.5 Å². The van der Waals surface area contributed by atoms with Crippen molar-refractivity contribution in [2.75, 3.05) is 44.4 Å². The van der Waals surface area contributed by atoms with Crippen molar-refractivity contribution in [1.29, 1.82) is 0 Å². The van der Waals surface area contributed by atoms with Crippen molar-refractivity contribution in [3.63, 3.8) is 0 Å². The van der Waals surface area contributed by atoms with E-state index < -0.39 is 11.7 Å². The topological polar surface area (TPSA) is 69.6 Å². The number of aromatic nitrogens is 3. The zero-order valence-corrected chi connectivity index (χ0v) is 15.7. The lowest BCUT2D eigenvalue weighted by Crippen LogP contribution is -2.37. The first kappa shape index (κ1) is 19.8. The first-order valence-electron chi connectivity index (χ1n) is 9.48. The number of halogens is 3. The van der Waals surface area contributed by atoms with E-state index in [2.05, 4.69) is 15.0 Å². The van der Waals surface area contributed by atoms with E-state index in [0.717, 1.165) is 12.3 Å². The van der Waals surface area contributed by atoms with Crippen LogP contribution in [0.25, 0.3) is 11.3 Å². The molecule has 2 aliphatic heterocycles. The van der Waals surface area contributed by atoms with Gasteiger partial charge in [-0.1, -0.05) is 0 Å². The van der Waals surface area contributed by atoms with E-state index in [1.54, 1.807) is 0 Å². The highest BCUT2D eigenvalue weighted by Crippen LogP contribution is 2.37. The molecular weight excluding hydrogens is 389 g/mol. The van der Waals surface area contributed by atoms with Gasteiger partial charge < -0.3 is 19.1 Å². The highest BCUT2D eigenvalue weighted by molar-refractivity contribution is 5.65. The molecule has 0 aliphatic carbocycles. The first-order chi connectivity index (χ1) is 14.0. The summed E-state index contributed by atoms with van der Waals surface area (Å²) in [6.07, 6.45) is -0.924. The van der Waals surface area contributed by atoms with E-state index in [-0.39, 0.29) is 23.2 Å². The van der Waals surface area contributed by atoms with Gasteiger partial charge in [-0.3, -0.25) is 4.98 Å². The molecule has 2 aromatic heterocycles. The van der Waals surface area contributed by atoms with Crippen LogP contribution in [0.2, 0.25) is 0 Å². The second-order valence-electron chi connectivity index (χ2n) is 6.84. The van der Waals surface area contributed by atoms with Crippen molar-refractivity contribution in [2.24, 2.45) is 0 Å². The van der Waals surface area contributed by atoms with Crippen LogP contribution in [-0.4, -0.2) is 60.6 Å². The van der Waals surface area contributed by atoms with E-state index in [1.807, 2.05) is 4.90 Å². The standard InChI is InChI=1S/C19H21F3N4O3/c20-19(21,22)15-1-4-23-12-14(15)16-11-17(29-13-2-7-27-8-3-13)25-18(24-16)26-5-9-28-10-6-26/h1,4,11-13H,2-3,5-10H2. The van der Waals surface area contributed by atoms with Gasteiger partial charge in [0.15, 0.2) is 0 Å². The second-order valence-corrected chi connectivity index (χ2v) is 6.84. The van der Waals surface area contributed by atoms with E-state index in [0.29, 0.717) is 58.3 Å². The number of hydrogen-bond donors (Lipinski definition) is 0. The maximum atomic E-state index is 13.5. The molecule has 0 spiro atoms. The zero-order valence-electron chi connectivity index (χ0n) is 15.7. The summed E-state index contributed by atoms with van der Waals surface area (Å²) in [6, 6.07) is 2.40. The molecule has 10 heteroatoms. The van der Waals surface area contributed by atoms with Gasteiger partial charge >= 0.3 is 6.18 Å². The number of nitrogens with zero attached hydrogens (tertiary/aromatic N) is 4. The lowest BCUT2D eigenvalue weighted by atomic mass is 10.1. The van der Waals surface area contributed by atoms with Gasteiger partial charge in [0.2, 0.25) is 11.8 Å². The molecule has 0 amide bonds. The quantitative estimate of drug-likeness (QED) is 0.768. The molecule has 0 N–H and O–H groups in total. The van der Waals surface area contributed by atoms with E-state index >= 15 is 0 Å². The average molecular weight is 410 g/mol. The van der Waals surface area contributed by atoms with E-state index in [1.165, 1.54) is 12.3 Å². The Morgan fingerprint density at radius 2 is 1.76 bits per heavy atom. The largest absolute Gasteiger partial charge is 0.474 e. The number of pyridine rings is 1. The van der Waals surface area contributed by atoms with Crippen LogP contribution in [0.4, 0.5) is 19.1 Å². The molecule has 2 fully saturated rings. The van der Waals surface area contributed by atoms with Crippen molar-refractivity contribution in [1.82, 2.24) is 15.0 Å². The third kappa shape index (κ3) is 4.76. The molecule has 0 saturated carbocycles. The van der Waals surface area contributed by atoms with Gasteiger partial charge in [-0.05, 0) is 6.07 Å². The molecule has 29 heavy (non-hydrogen) atoms. The third-order valence-electron chi connectivity index (χ3n) is 4.84. The summed E-state index contributed by atoms with van der Waals surface area (Å²) < 4.78 is 57.2. The molecule has 2 saturated heterocycles. The number of ether oxygens (including phenoxy) is 3. The van der Waals surface area contributed by atoms with Crippen molar-refractivity contribution in [2.45, 2.75) is 25.1 Å². The predicted octanol–water partition coefficient (Wildman–Crippen LogP) is 2.95. The van der Waals surface area contributed by atoms with Crippen LogP contribution in [0.3, 0.4) is 0 Å². The minimum absolute atomic E-state index is 0.0972. The molecular formula is C19H21F3N4O3. The fourth-order valence-corrected chi connectivity index (χ4v) is 3.33. The normalized spacial score (nSPS) is 18.7. The molecule has 2 aliphatic rings. The molecule has 4 heterocycles. The predicted molar refractivity (Wildman–Crippen MR) is 97.8 cm³/mol. The van der Waals surface area contributed by atoms with Gasteiger partial charge in [-0.15, -0.1) is 0 Å². The number of alkyl halides is 3. The smallest absolute Gasteiger partial charge is 0.417 e. The summed E-state index contributed by atoms with van der Waals surface area (Å²) in [5.41, 5.74) is -0.770. The summed E-state index contributed by atoms with van der Waals surface area (Å²) in [4.78, 5) is 14.6. The van der Waals surface area contributed by atoms with Gasteiger partial charge in [-0.25, -0.2) is 4.98 Å². The van der Waals surface area contributed by atoms with E-state index in [4.69, 9.17) is 14.2 Å². The first-order valence-corrected chi connectivity index (χ1v) is 9.48. The Morgan fingerprint density at radius 3 is 2.48 bits per heavy atom. The molecule has 0 radical (unpaired) electrons. The highest BCUT2D eigenvalue weighted by atomic mass is 19.4. The Hall–Kier alpha value is -2.46. The molecule has 2 aromatic rings. The minimum atomic E-state index is -4.52. The maximum Gasteiger partial charge on any atom is 0.417 e. The Balaban J connectivity index is 1.73. The lowest BCUT2D eigenvalue weighted by molar-refractivity contribution is -0.137. The van der Waals surface area contributed by atoms with Gasteiger partial charge in [-0.2, -0.15) is 18.2 Å². The Kier molecular flexibility index (Phi) is 5.81. The van der Waals surface area contributed by atoms with Crippen LogP contribution in [0.1, 0.15) is 18.4 Å².